The number of hydrogen-bond acceptors (Lipinski definition) is 5. The van der Waals surface area contributed by atoms with E-state index in [-0.39, 0.29) is 54.9 Å². The molecule has 0 radical (unpaired) electrons. The number of carbonyl (C=O) groups is 4. The molecule has 1 unspecified atom stereocenters. The summed E-state index contributed by atoms with van der Waals surface area (Å²) in [6, 6.07) is 4.06. The molecule has 1 aromatic carbocycles. The highest BCUT2D eigenvalue weighted by atomic mass is 19.1. The molecule has 2 aromatic rings. The van der Waals surface area contributed by atoms with Crippen LogP contribution in [0.25, 0.3) is 11.6 Å². The molecule has 0 bridgehead atoms. The summed E-state index contributed by atoms with van der Waals surface area (Å²) >= 11 is 0. The first-order valence-electron chi connectivity index (χ1n) is 12.4. The summed E-state index contributed by atoms with van der Waals surface area (Å²) in [6.45, 7) is 4.94. The molecule has 3 heterocycles. The number of aliphatic hydroxyl groups is 1. The standard InChI is InChI=1S/C27H31FN4O5/c1-15-23(14-21-20-11-17(28)5-6-22(20)31-26(21)36)30-16(2)25(15)27(37)29-8-7-18(33)12-19(34)13-24(35)32-9-3-4-10-32/h5-6,11,14,19,30,34H,3-4,7-10,12-13H2,1-2H3,(H,29,37)(H,31,36)/b21-14-. The van der Waals surface area contributed by atoms with E-state index in [1.165, 1.54) is 18.2 Å². The molecule has 0 spiro atoms. The summed E-state index contributed by atoms with van der Waals surface area (Å²) in [4.78, 5) is 54.4. The molecule has 2 aliphatic rings. The molecular formula is C27H31FN4O5. The van der Waals surface area contributed by atoms with Crippen molar-refractivity contribution in [3.8, 4) is 0 Å². The smallest absolute Gasteiger partial charge is 0.256 e. The van der Waals surface area contributed by atoms with Gasteiger partial charge in [-0.25, -0.2) is 4.39 Å². The molecule has 1 fully saturated rings. The van der Waals surface area contributed by atoms with Crippen molar-refractivity contribution in [1.82, 2.24) is 15.2 Å². The number of nitrogens with zero attached hydrogens (tertiary/aromatic N) is 1. The zero-order valence-corrected chi connectivity index (χ0v) is 20.9. The van der Waals surface area contributed by atoms with E-state index in [4.69, 9.17) is 0 Å². The van der Waals surface area contributed by atoms with Crippen molar-refractivity contribution in [2.24, 2.45) is 0 Å². The summed E-state index contributed by atoms with van der Waals surface area (Å²) in [6.07, 6.45) is 2.29. The SMILES string of the molecule is Cc1[nH]c(/C=C2\C(=O)Nc3ccc(F)cc32)c(C)c1C(=O)NCCC(=O)CC(O)CC(=O)N1CCCC1. The molecule has 9 nitrogen and oxygen atoms in total. The van der Waals surface area contributed by atoms with Crippen LogP contribution in [0.2, 0.25) is 0 Å². The number of anilines is 1. The highest BCUT2D eigenvalue weighted by molar-refractivity contribution is 6.34. The van der Waals surface area contributed by atoms with E-state index in [1.54, 1.807) is 24.8 Å². The molecule has 1 aromatic heterocycles. The summed E-state index contributed by atoms with van der Waals surface area (Å²) in [5.74, 6) is -1.58. The second-order valence-electron chi connectivity index (χ2n) is 9.56. The van der Waals surface area contributed by atoms with Crippen LogP contribution in [0.15, 0.2) is 18.2 Å². The number of halogens is 1. The Kier molecular flexibility index (Phi) is 7.87. The maximum absolute atomic E-state index is 13.7. The monoisotopic (exact) mass is 510 g/mol. The molecular weight excluding hydrogens is 479 g/mol. The predicted molar refractivity (Wildman–Crippen MR) is 136 cm³/mol. The molecule has 1 atom stereocenters. The first kappa shape index (κ1) is 26.3. The topological polar surface area (TPSA) is 132 Å². The van der Waals surface area contributed by atoms with Crippen LogP contribution in [-0.4, -0.2) is 64.2 Å². The zero-order chi connectivity index (χ0) is 26.7. The summed E-state index contributed by atoms with van der Waals surface area (Å²) < 4.78 is 13.7. The number of hydrogen-bond donors (Lipinski definition) is 4. The van der Waals surface area contributed by atoms with Gasteiger partial charge in [-0.1, -0.05) is 0 Å². The van der Waals surface area contributed by atoms with Crippen LogP contribution in [0.4, 0.5) is 10.1 Å². The van der Waals surface area contributed by atoms with E-state index in [2.05, 4.69) is 15.6 Å². The number of aryl methyl sites for hydroxylation is 1. The lowest BCUT2D eigenvalue weighted by Crippen LogP contribution is -2.32. The fourth-order valence-corrected chi connectivity index (χ4v) is 4.85. The average molecular weight is 511 g/mol. The fraction of sp³-hybridized carbons (Fsp3) is 0.407. The normalized spacial score (nSPS) is 16.6. The average Bonchev–Trinajstić information content (AvgIpc) is 3.53. The van der Waals surface area contributed by atoms with Gasteiger partial charge in [-0.3, -0.25) is 19.2 Å². The minimum Gasteiger partial charge on any atom is -0.392 e. The van der Waals surface area contributed by atoms with Gasteiger partial charge in [0.05, 0.1) is 23.7 Å². The first-order valence-corrected chi connectivity index (χ1v) is 12.4. The maximum Gasteiger partial charge on any atom is 0.256 e. The van der Waals surface area contributed by atoms with E-state index >= 15 is 0 Å². The number of H-pyrrole nitrogens is 1. The Morgan fingerprint density at radius 2 is 1.92 bits per heavy atom. The highest BCUT2D eigenvalue weighted by Crippen LogP contribution is 2.34. The Bertz CT molecular complexity index is 1280. The second kappa shape index (κ2) is 11.1. The number of aliphatic hydroxyl groups excluding tert-OH is 1. The molecule has 10 heteroatoms. The van der Waals surface area contributed by atoms with Crippen LogP contribution < -0.4 is 10.6 Å². The zero-order valence-electron chi connectivity index (χ0n) is 20.9. The molecule has 0 aliphatic carbocycles. The van der Waals surface area contributed by atoms with Crippen LogP contribution in [-0.2, 0) is 14.4 Å². The largest absolute Gasteiger partial charge is 0.392 e. The molecule has 0 saturated carbocycles. The molecule has 1 saturated heterocycles. The highest BCUT2D eigenvalue weighted by Gasteiger charge is 2.26. The van der Waals surface area contributed by atoms with Gasteiger partial charge in [0.2, 0.25) is 5.91 Å². The van der Waals surface area contributed by atoms with Gasteiger partial charge in [-0.15, -0.1) is 0 Å². The summed E-state index contributed by atoms with van der Waals surface area (Å²) in [5, 5.41) is 15.5. The predicted octanol–water partition coefficient (Wildman–Crippen LogP) is 2.72. The first-order chi connectivity index (χ1) is 17.6. The van der Waals surface area contributed by atoms with Crippen molar-refractivity contribution in [2.75, 3.05) is 25.0 Å². The van der Waals surface area contributed by atoms with Gasteiger partial charge >= 0.3 is 0 Å². The van der Waals surface area contributed by atoms with Gasteiger partial charge in [0.15, 0.2) is 0 Å². The van der Waals surface area contributed by atoms with Crippen molar-refractivity contribution in [1.29, 1.82) is 0 Å². The van der Waals surface area contributed by atoms with Gasteiger partial charge < -0.3 is 25.6 Å². The second-order valence-corrected chi connectivity index (χ2v) is 9.56. The number of likely N-dealkylation sites (tertiary alicyclic amines) is 1. The number of amides is 3. The van der Waals surface area contributed by atoms with E-state index < -0.39 is 11.9 Å². The molecule has 3 amide bonds. The van der Waals surface area contributed by atoms with Crippen molar-refractivity contribution < 1.29 is 28.7 Å². The molecule has 37 heavy (non-hydrogen) atoms. The van der Waals surface area contributed by atoms with Gasteiger partial charge in [0.25, 0.3) is 11.8 Å². The fourth-order valence-electron chi connectivity index (χ4n) is 4.85. The lowest BCUT2D eigenvalue weighted by Gasteiger charge is -2.17. The van der Waals surface area contributed by atoms with Crippen LogP contribution in [0.3, 0.4) is 0 Å². The van der Waals surface area contributed by atoms with Crippen LogP contribution in [0.1, 0.15) is 65.0 Å². The van der Waals surface area contributed by atoms with E-state index in [9.17, 15) is 28.7 Å². The van der Waals surface area contributed by atoms with Gasteiger partial charge in [0.1, 0.15) is 11.6 Å². The van der Waals surface area contributed by atoms with Crippen molar-refractivity contribution in [2.45, 2.75) is 52.1 Å². The molecule has 196 valence electrons. The Hall–Kier alpha value is -3.79. The van der Waals surface area contributed by atoms with Crippen molar-refractivity contribution >= 4 is 40.8 Å². The number of carbonyl (C=O) groups excluding carboxylic acids is 4. The maximum atomic E-state index is 13.7. The minimum atomic E-state index is -1.03. The lowest BCUT2D eigenvalue weighted by atomic mass is 10.0. The number of nitrogens with one attached hydrogen (secondary N) is 3. The summed E-state index contributed by atoms with van der Waals surface area (Å²) in [7, 11) is 0. The summed E-state index contributed by atoms with van der Waals surface area (Å²) in [5.41, 5.74) is 3.40. The Morgan fingerprint density at radius 3 is 2.65 bits per heavy atom. The number of benzene rings is 1. The third-order valence-corrected chi connectivity index (χ3v) is 6.78. The Labute approximate surface area is 214 Å². The molecule has 4 rings (SSSR count). The third kappa shape index (κ3) is 5.96. The van der Waals surface area contributed by atoms with E-state index in [0.29, 0.717) is 46.9 Å². The van der Waals surface area contributed by atoms with Crippen LogP contribution >= 0.6 is 0 Å². The van der Waals surface area contributed by atoms with E-state index in [1.807, 2.05) is 0 Å². The van der Waals surface area contributed by atoms with Crippen LogP contribution in [0.5, 0.6) is 0 Å². The lowest BCUT2D eigenvalue weighted by molar-refractivity contribution is -0.132. The Balaban J connectivity index is 1.33. The Morgan fingerprint density at radius 1 is 1.19 bits per heavy atom. The molecule has 4 N–H and O–H groups in total. The number of fused-ring (bicyclic) bond motifs is 1. The van der Waals surface area contributed by atoms with Crippen molar-refractivity contribution in [3.05, 3.63) is 52.1 Å². The minimum absolute atomic E-state index is 0.0304. The quantitative estimate of drug-likeness (QED) is 0.385. The number of rotatable bonds is 9. The van der Waals surface area contributed by atoms with Gasteiger partial charge in [-0.05, 0) is 56.5 Å². The van der Waals surface area contributed by atoms with Gasteiger partial charge in [0, 0.05) is 55.1 Å². The number of aromatic nitrogens is 1. The number of ketones is 1. The van der Waals surface area contributed by atoms with Crippen molar-refractivity contribution in [3.63, 3.8) is 0 Å². The molecule has 2 aliphatic heterocycles. The van der Waals surface area contributed by atoms with Gasteiger partial charge in [-0.2, -0.15) is 0 Å². The third-order valence-electron chi connectivity index (χ3n) is 6.78. The van der Waals surface area contributed by atoms with Crippen LogP contribution in [0, 0.1) is 19.7 Å². The number of Topliss-reactive ketones (excluding diaryl/α,β-unsaturated/α-hetero) is 1. The van der Waals surface area contributed by atoms with E-state index in [0.717, 1.165) is 12.8 Å². The number of aromatic amines is 1.